The first-order valence-corrected chi connectivity index (χ1v) is 5.10. The van der Waals surface area contributed by atoms with E-state index in [2.05, 4.69) is 11.4 Å². The van der Waals surface area contributed by atoms with Gasteiger partial charge in [-0.25, -0.2) is 0 Å². The first-order valence-electron chi connectivity index (χ1n) is 4.22. The summed E-state index contributed by atoms with van der Waals surface area (Å²) in [5.41, 5.74) is 7.13. The summed E-state index contributed by atoms with van der Waals surface area (Å²) >= 11 is 1.81. The molecule has 2 nitrogen and oxygen atoms in total. The maximum atomic E-state index is 5.82. The molecule has 0 aromatic carbocycles. The summed E-state index contributed by atoms with van der Waals surface area (Å²) in [6.07, 6.45) is 1.18. The van der Waals surface area contributed by atoms with E-state index < -0.39 is 0 Å². The van der Waals surface area contributed by atoms with Gasteiger partial charge in [-0.15, -0.1) is 11.3 Å². The molecular formula is C9H13NOS. The Morgan fingerprint density at radius 3 is 3.33 bits per heavy atom. The van der Waals surface area contributed by atoms with Crippen LogP contribution in [0.1, 0.15) is 23.5 Å². The van der Waals surface area contributed by atoms with E-state index in [0.29, 0.717) is 0 Å². The number of hydrogen-bond donors (Lipinski definition) is 1. The standard InChI is InChI=1S/C9H13NOS/c1-6(10)9-7-3-5-12-8(7)2-4-11-9/h3,5-6,9H,2,4,10H2,1H3/t6-,9?/m0/s1. The molecule has 2 heterocycles. The van der Waals surface area contributed by atoms with E-state index >= 15 is 0 Å². The number of rotatable bonds is 1. The average molecular weight is 183 g/mol. The zero-order valence-electron chi connectivity index (χ0n) is 7.12. The topological polar surface area (TPSA) is 35.2 Å². The predicted molar refractivity (Wildman–Crippen MR) is 50.4 cm³/mol. The van der Waals surface area contributed by atoms with Gasteiger partial charge in [-0.1, -0.05) is 0 Å². The fourth-order valence-electron chi connectivity index (χ4n) is 1.61. The molecule has 66 valence electrons. The second kappa shape index (κ2) is 3.17. The lowest BCUT2D eigenvalue weighted by molar-refractivity contribution is 0.0297. The SMILES string of the molecule is C[C@H](N)C1OCCc2sccc21. The molecule has 0 saturated heterocycles. The molecule has 2 N–H and O–H groups in total. The molecule has 1 unspecified atom stereocenters. The third-order valence-electron chi connectivity index (χ3n) is 2.19. The van der Waals surface area contributed by atoms with Crippen molar-refractivity contribution in [1.29, 1.82) is 0 Å². The smallest absolute Gasteiger partial charge is 0.0983 e. The van der Waals surface area contributed by atoms with Crippen LogP contribution in [0.15, 0.2) is 11.4 Å². The van der Waals surface area contributed by atoms with Crippen molar-refractivity contribution in [2.45, 2.75) is 25.5 Å². The van der Waals surface area contributed by atoms with Crippen LogP contribution in [0.4, 0.5) is 0 Å². The maximum absolute atomic E-state index is 5.82. The summed E-state index contributed by atoms with van der Waals surface area (Å²) < 4.78 is 5.61. The molecule has 1 aromatic rings. The van der Waals surface area contributed by atoms with Crippen molar-refractivity contribution in [3.05, 3.63) is 21.9 Å². The molecule has 1 aliphatic rings. The summed E-state index contributed by atoms with van der Waals surface area (Å²) in [5, 5.41) is 2.12. The highest BCUT2D eigenvalue weighted by Crippen LogP contribution is 2.32. The Hall–Kier alpha value is -0.380. The average Bonchev–Trinajstić information content (AvgIpc) is 2.49. The van der Waals surface area contributed by atoms with Gasteiger partial charge in [-0.2, -0.15) is 0 Å². The molecule has 0 aliphatic carbocycles. The van der Waals surface area contributed by atoms with Gasteiger partial charge in [-0.3, -0.25) is 0 Å². The van der Waals surface area contributed by atoms with Gasteiger partial charge in [0.05, 0.1) is 12.7 Å². The highest BCUT2D eigenvalue weighted by Gasteiger charge is 2.24. The zero-order valence-corrected chi connectivity index (χ0v) is 7.93. The molecule has 1 aliphatic heterocycles. The summed E-state index contributed by atoms with van der Waals surface area (Å²) in [6, 6.07) is 2.23. The van der Waals surface area contributed by atoms with Crippen LogP contribution < -0.4 is 5.73 Å². The first kappa shape index (κ1) is 8.23. The largest absolute Gasteiger partial charge is 0.371 e. The summed E-state index contributed by atoms with van der Waals surface area (Å²) in [5.74, 6) is 0. The van der Waals surface area contributed by atoms with E-state index in [0.717, 1.165) is 13.0 Å². The Bertz CT molecular complexity index is 269. The van der Waals surface area contributed by atoms with Crippen molar-refractivity contribution in [2.75, 3.05) is 6.61 Å². The Labute approximate surface area is 76.3 Å². The van der Waals surface area contributed by atoms with Crippen molar-refractivity contribution < 1.29 is 4.74 Å². The van der Waals surface area contributed by atoms with Crippen molar-refractivity contribution >= 4 is 11.3 Å². The van der Waals surface area contributed by atoms with Gasteiger partial charge >= 0.3 is 0 Å². The normalized spacial score (nSPS) is 25.0. The fraction of sp³-hybridized carbons (Fsp3) is 0.556. The van der Waals surface area contributed by atoms with E-state index in [-0.39, 0.29) is 12.1 Å². The number of nitrogens with two attached hydrogens (primary N) is 1. The third-order valence-corrected chi connectivity index (χ3v) is 3.19. The van der Waals surface area contributed by atoms with Gasteiger partial charge in [0.1, 0.15) is 0 Å². The Morgan fingerprint density at radius 1 is 1.75 bits per heavy atom. The monoisotopic (exact) mass is 183 g/mol. The minimum Gasteiger partial charge on any atom is -0.371 e. The predicted octanol–water partition coefficient (Wildman–Crippen LogP) is 1.71. The summed E-state index contributed by atoms with van der Waals surface area (Å²) in [7, 11) is 0. The van der Waals surface area contributed by atoms with E-state index in [1.54, 1.807) is 0 Å². The quantitative estimate of drug-likeness (QED) is 0.719. The molecular weight excluding hydrogens is 170 g/mol. The zero-order chi connectivity index (χ0) is 8.55. The number of hydrogen-bond acceptors (Lipinski definition) is 3. The van der Waals surface area contributed by atoms with Crippen LogP contribution in [0.5, 0.6) is 0 Å². The van der Waals surface area contributed by atoms with Crippen LogP contribution in [0.3, 0.4) is 0 Å². The van der Waals surface area contributed by atoms with Crippen LogP contribution in [0.2, 0.25) is 0 Å². The molecule has 0 saturated carbocycles. The van der Waals surface area contributed by atoms with Crippen LogP contribution in [-0.4, -0.2) is 12.6 Å². The van der Waals surface area contributed by atoms with Gasteiger partial charge in [0, 0.05) is 17.3 Å². The second-order valence-corrected chi connectivity index (χ2v) is 4.20. The van der Waals surface area contributed by atoms with E-state index in [1.165, 1.54) is 10.4 Å². The molecule has 1 aromatic heterocycles. The number of thiophene rings is 1. The third kappa shape index (κ3) is 1.28. The Kier molecular flexibility index (Phi) is 2.17. The van der Waals surface area contributed by atoms with E-state index in [1.807, 2.05) is 18.3 Å². The van der Waals surface area contributed by atoms with Crippen LogP contribution in [-0.2, 0) is 11.2 Å². The minimum absolute atomic E-state index is 0.0960. The molecule has 3 heteroatoms. The maximum Gasteiger partial charge on any atom is 0.0983 e. The molecule has 0 fully saturated rings. The first-order chi connectivity index (χ1) is 5.79. The molecule has 2 atom stereocenters. The van der Waals surface area contributed by atoms with Gasteiger partial charge < -0.3 is 10.5 Å². The molecule has 0 bridgehead atoms. The molecule has 0 spiro atoms. The van der Waals surface area contributed by atoms with Crippen LogP contribution in [0.25, 0.3) is 0 Å². The fourth-order valence-corrected chi connectivity index (χ4v) is 2.51. The Morgan fingerprint density at radius 2 is 2.58 bits per heavy atom. The van der Waals surface area contributed by atoms with E-state index in [4.69, 9.17) is 10.5 Å². The van der Waals surface area contributed by atoms with Gasteiger partial charge in [0.15, 0.2) is 0 Å². The highest BCUT2D eigenvalue weighted by atomic mass is 32.1. The lowest BCUT2D eigenvalue weighted by Gasteiger charge is -2.26. The van der Waals surface area contributed by atoms with Crippen molar-refractivity contribution in [3.8, 4) is 0 Å². The van der Waals surface area contributed by atoms with Gasteiger partial charge in [-0.05, 0) is 23.9 Å². The lowest BCUT2D eigenvalue weighted by Crippen LogP contribution is -2.30. The highest BCUT2D eigenvalue weighted by molar-refractivity contribution is 7.10. The minimum atomic E-state index is 0.0960. The summed E-state index contributed by atoms with van der Waals surface area (Å²) in [4.78, 5) is 1.45. The van der Waals surface area contributed by atoms with Crippen LogP contribution in [0, 0.1) is 0 Å². The van der Waals surface area contributed by atoms with Gasteiger partial charge in [0.2, 0.25) is 0 Å². The summed E-state index contributed by atoms with van der Waals surface area (Å²) in [6.45, 7) is 2.82. The molecule has 12 heavy (non-hydrogen) atoms. The number of fused-ring (bicyclic) bond motifs is 1. The molecule has 0 radical (unpaired) electrons. The van der Waals surface area contributed by atoms with Crippen molar-refractivity contribution in [3.63, 3.8) is 0 Å². The lowest BCUT2D eigenvalue weighted by atomic mass is 10.0. The molecule has 0 amide bonds. The van der Waals surface area contributed by atoms with Crippen molar-refractivity contribution in [1.82, 2.24) is 0 Å². The second-order valence-electron chi connectivity index (χ2n) is 3.20. The van der Waals surface area contributed by atoms with Crippen LogP contribution >= 0.6 is 11.3 Å². The molecule has 2 rings (SSSR count). The number of ether oxygens (including phenoxy) is 1. The van der Waals surface area contributed by atoms with E-state index in [9.17, 15) is 0 Å². The Balaban J connectivity index is 2.31. The van der Waals surface area contributed by atoms with Crippen molar-refractivity contribution in [2.24, 2.45) is 5.73 Å². The van der Waals surface area contributed by atoms with Gasteiger partial charge in [0.25, 0.3) is 0 Å².